The van der Waals surface area contributed by atoms with Crippen LogP contribution in [0.3, 0.4) is 0 Å². The van der Waals surface area contributed by atoms with Crippen molar-refractivity contribution in [2.24, 2.45) is 7.05 Å². The molecule has 0 aliphatic carbocycles. The van der Waals surface area contributed by atoms with Gasteiger partial charge in [-0.15, -0.1) is 0 Å². The fraction of sp³-hybridized carbons (Fsp3) is 0.421. The van der Waals surface area contributed by atoms with Gasteiger partial charge in [0.1, 0.15) is 5.75 Å². The molecule has 2 aromatic rings. The Hall–Kier alpha value is -2.87. The number of nitrogens with one attached hydrogen (secondary N) is 2. The Labute approximate surface area is 159 Å². The third-order valence-corrected chi connectivity index (χ3v) is 4.33. The number of aromatic nitrogens is 2. The van der Waals surface area contributed by atoms with Crippen LogP contribution in [0.5, 0.6) is 5.75 Å². The third-order valence-electron chi connectivity index (χ3n) is 4.33. The van der Waals surface area contributed by atoms with E-state index in [0.29, 0.717) is 12.2 Å². The second-order valence-corrected chi connectivity index (χ2v) is 6.30. The summed E-state index contributed by atoms with van der Waals surface area (Å²) in [7, 11) is 3.42. The number of carbonyl (C=O) groups excluding carboxylic acids is 2. The van der Waals surface area contributed by atoms with Gasteiger partial charge in [0.25, 0.3) is 0 Å². The highest BCUT2D eigenvalue weighted by atomic mass is 16.5. The van der Waals surface area contributed by atoms with Crippen molar-refractivity contribution in [3.63, 3.8) is 0 Å². The summed E-state index contributed by atoms with van der Waals surface area (Å²) in [5.74, 6) is 0.373. The molecule has 0 unspecified atom stereocenters. The molecule has 0 radical (unpaired) electrons. The zero-order chi connectivity index (χ0) is 20.0. The van der Waals surface area contributed by atoms with Gasteiger partial charge in [0, 0.05) is 12.7 Å². The number of carbonyl (C=O) groups is 2. The van der Waals surface area contributed by atoms with E-state index in [1.165, 1.54) is 0 Å². The minimum absolute atomic E-state index is 0.125. The van der Waals surface area contributed by atoms with Crippen molar-refractivity contribution in [2.45, 2.75) is 20.8 Å². The summed E-state index contributed by atoms with van der Waals surface area (Å²) in [6.45, 7) is 6.49. The number of methoxy groups -OCH3 is 1. The molecule has 27 heavy (non-hydrogen) atoms. The molecule has 0 bridgehead atoms. The maximum atomic E-state index is 12.4. The van der Waals surface area contributed by atoms with Crippen molar-refractivity contribution in [3.8, 4) is 5.75 Å². The standard InChI is InChI=1S/C19H27N5O3/c1-6-24(11-17(25)20-15-7-9-16(27-5)10-8-15)12-18(26)21-19-13(2)22-23(4)14(19)3/h7-10H,6,11-12H2,1-5H3,(H,20,25)(H,21,26). The number of hydrogen-bond acceptors (Lipinski definition) is 5. The van der Waals surface area contributed by atoms with Crippen LogP contribution in [0.25, 0.3) is 0 Å². The highest BCUT2D eigenvalue weighted by Gasteiger charge is 2.16. The van der Waals surface area contributed by atoms with Crippen molar-refractivity contribution in [1.29, 1.82) is 0 Å². The molecule has 2 amide bonds. The second kappa shape index (κ2) is 9.18. The average Bonchev–Trinajstić information content (AvgIpc) is 2.87. The number of ether oxygens (including phenoxy) is 1. The average molecular weight is 373 g/mol. The monoisotopic (exact) mass is 373 g/mol. The first-order valence-corrected chi connectivity index (χ1v) is 8.80. The van der Waals surface area contributed by atoms with E-state index in [-0.39, 0.29) is 24.9 Å². The van der Waals surface area contributed by atoms with Gasteiger partial charge in [-0.2, -0.15) is 5.10 Å². The molecule has 2 rings (SSSR count). The fourth-order valence-electron chi connectivity index (χ4n) is 2.69. The van der Waals surface area contributed by atoms with E-state index in [1.54, 1.807) is 41.0 Å². The molecule has 0 aliphatic rings. The van der Waals surface area contributed by atoms with Gasteiger partial charge in [0.2, 0.25) is 11.8 Å². The minimum Gasteiger partial charge on any atom is -0.497 e. The number of amides is 2. The number of rotatable bonds is 8. The van der Waals surface area contributed by atoms with Crippen molar-refractivity contribution < 1.29 is 14.3 Å². The lowest BCUT2D eigenvalue weighted by Crippen LogP contribution is -2.38. The first-order valence-electron chi connectivity index (χ1n) is 8.80. The third kappa shape index (κ3) is 5.55. The van der Waals surface area contributed by atoms with Crippen LogP contribution in [-0.2, 0) is 16.6 Å². The SMILES string of the molecule is CCN(CC(=O)Nc1ccc(OC)cc1)CC(=O)Nc1c(C)nn(C)c1C. The van der Waals surface area contributed by atoms with Crippen molar-refractivity contribution in [3.05, 3.63) is 35.7 Å². The number of aryl methyl sites for hydroxylation is 2. The van der Waals surface area contributed by atoms with Gasteiger partial charge in [0.15, 0.2) is 0 Å². The van der Waals surface area contributed by atoms with Crippen LogP contribution in [0, 0.1) is 13.8 Å². The summed E-state index contributed by atoms with van der Waals surface area (Å²) in [4.78, 5) is 26.4. The van der Waals surface area contributed by atoms with Crippen LogP contribution in [0.15, 0.2) is 24.3 Å². The molecule has 1 aromatic heterocycles. The molecule has 8 nitrogen and oxygen atoms in total. The Bertz CT molecular complexity index is 798. The van der Waals surface area contributed by atoms with Crippen LogP contribution >= 0.6 is 0 Å². The van der Waals surface area contributed by atoms with Gasteiger partial charge in [-0.05, 0) is 44.7 Å². The van der Waals surface area contributed by atoms with E-state index in [0.717, 1.165) is 22.8 Å². The van der Waals surface area contributed by atoms with Crippen molar-refractivity contribution in [1.82, 2.24) is 14.7 Å². The fourth-order valence-corrected chi connectivity index (χ4v) is 2.69. The molecule has 0 saturated carbocycles. The summed E-state index contributed by atoms with van der Waals surface area (Å²) < 4.78 is 6.82. The largest absolute Gasteiger partial charge is 0.497 e. The van der Waals surface area contributed by atoms with Crippen LogP contribution in [0.4, 0.5) is 11.4 Å². The molecular weight excluding hydrogens is 346 g/mol. The molecule has 0 aliphatic heterocycles. The lowest BCUT2D eigenvalue weighted by Gasteiger charge is -2.19. The van der Waals surface area contributed by atoms with Gasteiger partial charge >= 0.3 is 0 Å². The zero-order valence-corrected chi connectivity index (χ0v) is 16.5. The second-order valence-electron chi connectivity index (χ2n) is 6.30. The Morgan fingerprint density at radius 1 is 1.11 bits per heavy atom. The molecule has 0 saturated heterocycles. The Kier molecular flexibility index (Phi) is 6.95. The smallest absolute Gasteiger partial charge is 0.238 e. The van der Waals surface area contributed by atoms with E-state index in [2.05, 4.69) is 15.7 Å². The van der Waals surface area contributed by atoms with E-state index < -0.39 is 0 Å². The van der Waals surface area contributed by atoms with Gasteiger partial charge in [-0.1, -0.05) is 6.92 Å². The molecular formula is C19H27N5O3. The quantitative estimate of drug-likeness (QED) is 0.738. The Morgan fingerprint density at radius 3 is 2.19 bits per heavy atom. The summed E-state index contributed by atoms with van der Waals surface area (Å²) in [5.41, 5.74) is 3.06. The van der Waals surface area contributed by atoms with Gasteiger partial charge in [-0.25, -0.2) is 0 Å². The maximum Gasteiger partial charge on any atom is 0.238 e. The van der Waals surface area contributed by atoms with Gasteiger partial charge in [0.05, 0.1) is 37.3 Å². The topological polar surface area (TPSA) is 88.5 Å². The van der Waals surface area contributed by atoms with Crippen LogP contribution in [0.1, 0.15) is 18.3 Å². The number of anilines is 2. The first kappa shape index (κ1) is 20.4. The number of nitrogens with zero attached hydrogens (tertiary/aromatic N) is 3. The molecule has 1 heterocycles. The van der Waals surface area contributed by atoms with Crippen LogP contribution in [0.2, 0.25) is 0 Å². The summed E-state index contributed by atoms with van der Waals surface area (Å²) in [5, 5.41) is 10.00. The summed E-state index contributed by atoms with van der Waals surface area (Å²) in [6.07, 6.45) is 0. The Balaban J connectivity index is 1.89. The highest BCUT2D eigenvalue weighted by Crippen LogP contribution is 2.18. The summed E-state index contributed by atoms with van der Waals surface area (Å²) in [6, 6.07) is 7.10. The maximum absolute atomic E-state index is 12.4. The van der Waals surface area contributed by atoms with E-state index in [9.17, 15) is 9.59 Å². The minimum atomic E-state index is -0.177. The molecule has 1 aromatic carbocycles. The first-order chi connectivity index (χ1) is 12.8. The molecule has 2 N–H and O–H groups in total. The van der Waals surface area contributed by atoms with Crippen LogP contribution < -0.4 is 15.4 Å². The highest BCUT2D eigenvalue weighted by molar-refractivity contribution is 5.95. The Morgan fingerprint density at radius 2 is 1.70 bits per heavy atom. The van der Waals surface area contributed by atoms with Gasteiger partial charge in [-0.3, -0.25) is 19.2 Å². The molecule has 0 fully saturated rings. The van der Waals surface area contributed by atoms with Crippen molar-refractivity contribution in [2.75, 3.05) is 37.4 Å². The van der Waals surface area contributed by atoms with Crippen LogP contribution in [-0.4, -0.2) is 53.2 Å². The predicted octanol–water partition coefficient (Wildman–Crippen LogP) is 1.94. The number of likely N-dealkylation sites (N-methyl/N-ethyl adjacent to an activating group) is 1. The number of hydrogen-bond donors (Lipinski definition) is 2. The lowest BCUT2D eigenvalue weighted by atomic mass is 10.3. The molecule has 0 atom stereocenters. The summed E-state index contributed by atoms with van der Waals surface area (Å²) >= 11 is 0. The van der Waals surface area contributed by atoms with Gasteiger partial charge < -0.3 is 15.4 Å². The molecule has 146 valence electrons. The van der Waals surface area contributed by atoms with E-state index >= 15 is 0 Å². The van der Waals surface area contributed by atoms with E-state index in [1.807, 2.05) is 27.8 Å². The zero-order valence-electron chi connectivity index (χ0n) is 16.5. The lowest BCUT2D eigenvalue weighted by molar-refractivity contribution is -0.119. The normalized spacial score (nSPS) is 10.7. The predicted molar refractivity (Wildman–Crippen MR) is 105 cm³/mol. The van der Waals surface area contributed by atoms with E-state index in [4.69, 9.17) is 4.74 Å². The van der Waals surface area contributed by atoms with Crippen molar-refractivity contribution >= 4 is 23.2 Å². The number of benzene rings is 1. The molecule has 0 spiro atoms. The molecule has 8 heteroatoms.